The molecule has 0 radical (unpaired) electrons. The molecule has 1 aromatic rings. The largest absolute Gasteiger partial charge is 0.385 e. The maximum atomic E-state index is 13.0. The van der Waals surface area contributed by atoms with Crippen molar-refractivity contribution in [1.82, 2.24) is 14.5 Å². The highest BCUT2D eigenvalue weighted by Gasteiger charge is 2.45. The highest BCUT2D eigenvalue weighted by atomic mass is 16.5. The molecule has 6 nitrogen and oxygen atoms in total. The fourth-order valence-electron chi connectivity index (χ4n) is 4.22. The summed E-state index contributed by atoms with van der Waals surface area (Å²) in [5.41, 5.74) is -0.583. The Morgan fingerprint density at radius 2 is 2.08 bits per heavy atom. The van der Waals surface area contributed by atoms with E-state index in [-0.39, 0.29) is 11.8 Å². The Balaban J connectivity index is 1.60. The van der Waals surface area contributed by atoms with Crippen LogP contribution in [0, 0.1) is 5.92 Å². The van der Waals surface area contributed by atoms with E-state index in [9.17, 15) is 9.90 Å². The zero-order valence-corrected chi connectivity index (χ0v) is 14.8. The van der Waals surface area contributed by atoms with Gasteiger partial charge in [0.1, 0.15) is 17.5 Å². The van der Waals surface area contributed by atoms with Gasteiger partial charge in [-0.05, 0) is 51.4 Å². The molecule has 1 aliphatic carbocycles. The molecule has 1 saturated carbocycles. The normalized spacial score (nSPS) is 22.7. The van der Waals surface area contributed by atoms with Crippen LogP contribution in [0.25, 0.3) is 0 Å². The number of aliphatic hydroxyl groups is 1. The Morgan fingerprint density at radius 3 is 2.62 bits per heavy atom. The summed E-state index contributed by atoms with van der Waals surface area (Å²) in [6.45, 7) is 3.93. The van der Waals surface area contributed by atoms with Gasteiger partial charge in [0, 0.05) is 39.1 Å². The average Bonchev–Trinajstić information content (AvgIpc) is 3.24. The van der Waals surface area contributed by atoms with E-state index in [0.717, 1.165) is 38.5 Å². The summed E-state index contributed by atoms with van der Waals surface area (Å²) >= 11 is 0. The van der Waals surface area contributed by atoms with Crippen LogP contribution in [0.4, 0.5) is 0 Å². The lowest BCUT2D eigenvalue weighted by atomic mass is 9.89. The second-order valence-corrected chi connectivity index (χ2v) is 7.11. The van der Waals surface area contributed by atoms with E-state index in [1.807, 2.05) is 29.6 Å². The van der Waals surface area contributed by atoms with E-state index in [0.29, 0.717) is 25.5 Å². The van der Waals surface area contributed by atoms with Gasteiger partial charge in [0.2, 0.25) is 0 Å². The van der Waals surface area contributed by atoms with Gasteiger partial charge in [-0.1, -0.05) is 0 Å². The van der Waals surface area contributed by atoms with Crippen LogP contribution in [0.5, 0.6) is 0 Å². The van der Waals surface area contributed by atoms with Crippen LogP contribution < -0.4 is 0 Å². The molecular weight excluding hydrogens is 306 g/mol. The van der Waals surface area contributed by atoms with Crippen molar-refractivity contribution in [2.75, 3.05) is 19.7 Å². The lowest BCUT2D eigenvalue weighted by molar-refractivity contribution is -0.159. The van der Waals surface area contributed by atoms with Gasteiger partial charge in [-0.2, -0.15) is 0 Å². The number of carbonyl (C=O) groups is 1. The van der Waals surface area contributed by atoms with Crippen LogP contribution in [0.2, 0.25) is 0 Å². The highest BCUT2D eigenvalue weighted by Crippen LogP contribution is 2.37. The van der Waals surface area contributed by atoms with Crippen molar-refractivity contribution in [3.8, 4) is 0 Å². The Labute approximate surface area is 143 Å². The average molecular weight is 335 g/mol. The van der Waals surface area contributed by atoms with Crippen molar-refractivity contribution < 1.29 is 14.6 Å². The standard InChI is InChI=1S/C18H29N3O3/c1-3-24-18(8-4-5-9-18)17(23)21-11-6-14(7-12-21)15(22)16-19-10-13-20(16)2/h10,13-15,22H,3-9,11-12H2,1-2H3. The molecule has 0 bridgehead atoms. The lowest BCUT2D eigenvalue weighted by Crippen LogP contribution is -2.52. The van der Waals surface area contributed by atoms with Gasteiger partial charge in [0.15, 0.2) is 0 Å². The van der Waals surface area contributed by atoms with Crippen LogP contribution in [-0.4, -0.2) is 50.8 Å². The molecule has 3 rings (SSSR count). The van der Waals surface area contributed by atoms with E-state index in [4.69, 9.17) is 4.74 Å². The SMILES string of the molecule is CCOC1(C(=O)N2CCC(C(O)c3nccn3C)CC2)CCCC1. The van der Waals surface area contributed by atoms with E-state index in [2.05, 4.69) is 4.98 Å². The first-order chi connectivity index (χ1) is 11.6. The second-order valence-electron chi connectivity index (χ2n) is 7.11. The molecule has 1 aliphatic heterocycles. The van der Waals surface area contributed by atoms with Crippen molar-refractivity contribution in [2.45, 2.75) is 57.2 Å². The second kappa shape index (κ2) is 7.23. The summed E-state index contributed by atoms with van der Waals surface area (Å²) in [7, 11) is 1.90. The number of carbonyl (C=O) groups excluding carboxylic acids is 1. The van der Waals surface area contributed by atoms with E-state index in [1.54, 1.807) is 6.20 Å². The third kappa shape index (κ3) is 3.22. The fourth-order valence-corrected chi connectivity index (χ4v) is 4.22. The minimum atomic E-state index is -0.583. The molecule has 2 aliphatic rings. The third-order valence-corrected chi connectivity index (χ3v) is 5.62. The number of hydrogen-bond donors (Lipinski definition) is 1. The van der Waals surface area contributed by atoms with Gasteiger partial charge < -0.3 is 19.3 Å². The predicted octanol–water partition coefficient (Wildman–Crippen LogP) is 2.04. The molecule has 1 saturated heterocycles. The number of nitrogens with zero attached hydrogens (tertiary/aromatic N) is 3. The summed E-state index contributed by atoms with van der Waals surface area (Å²) in [6, 6.07) is 0. The molecule has 6 heteroatoms. The molecule has 0 aromatic carbocycles. The van der Waals surface area contributed by atoms with Gasteiger partial charge >= 0.3 is 0 Å². The minimum Gasteiger partial charge on any atom is -0.385 e. The monoisotopic (exact) mass is 335 g/mol. The maximum absolute atomic E-state index is 13.0. The molecule has 1 amide bonds. The highest BCUT2D eigenvalue weighted by molar-refractivity contribution is 5.85. The number of imidazole rings is 1. The van der Waals surface area contributed by atoms with Crippen molar-refractivity contribution in [3.05, 3.63) is 18.2 Å². The summed E-state index contributed by atoms with van der Waals surface area (Å²) < 4.78 is 7.77. The molecule has 1 N–H and O–H groups in total. The van der Waals surface area contributed by atoms with Crippen molar-refractivity contribution in [1.29, 1.82) is 0 Å². The van der Waals surface area contributed by atoms with Crippen LogP contribution >= 0.6 is 0 Å². The van der Waals surface area contributed by atoms with Gasteiger partial charge in [-0.3, -0.25) is 4.79 Å². The molecule has 134 valence electrons. The number of piperidine rings is 1. The summed E-state index contributed by atoms with van der Waals surface area (Å²) in [5.74, 6) is 1.02. The lowest BCUT2D eigenvalue weighted by Gasteiger charge is -2.39. The Hall–Kier alpha value is -1.40. The minimum absolute atomic E-state index is 0.154. The Bertz CT molecular complexity index is 558. The summed E-state index contributed by atoms with van der Waals surface area (Å²) in [5, 5.41) is 10.6. The molecule has 2 fully saturated rings. The van der Waals surface area contributed by atoms with Crippen LogP contribution in [0.1, 0.15) is 57.4 Å². The third-order valence-electron chi connectivity index (χ3n) is 5.62. The van der Waals surface area contributed by atoms with Gasteiger partial charge in [0.25, 0.3) is 5.91 Å². The van der Waals surface area contributed by atoms with E-state index < -0.39 is 11.7 Å². The number of aryl methyl sites for hydroxylation is 1. The molecule has 1 aromatic heterocycles. The van der Waals surface area contributed by atoms with Crippen molar-refractivity contribution in [2.24, 2.45) is 13.0 Å². The molecule has 2 heterocycles. The fraction of sp³-hybridized carbons (Fsp3) is 0.778. The van der Waals surface area contributed by atoms with E-state index in [1.165, 1.54) is 0 Å². The van der Waals surface area contributed by atoms with Crippen LogP contribution in [0.15, 0.2) is 12.4 Å². The molecule has 1 unspecified atom stereocenters. The molecule has 0 spiro atoms. The summed E-state index contributed by atoms with van der Waals surface area (Å²) in [4.78, 5) is 19.2. The molecule has 24 heavy (non-hydrogen) atoms. The number of aromatic nitrogens is 2. The van der Waals surface area contributed by atoms with Crippen molar-refractivity contribution >= 4 is 5.91 Å². The first-order valence-corrected chi connectivity index (χ1v) is 9.16. The zero-order valence-electron chi connectivity index (χ0n) is 14.8. The van der Waals surface area contributed by atoms with E-state index >= 15 is 0 Å². The summed E-state index contributed by atoms with van der Waals surface area (Å²) in [6.07, 6.45) is 8.44. The quantitative estimate of drug-likeness (QED) is 0.894. The zero-order chi connectivity index (χ0) is 17.2. The van der Waals surface area contributed by atoms with Crippen LogP contribution in [0.3, 0.4) is 0 Å². The molecule has 1 atom stereocenters. The Morgan fingerprint density at radius 1 is 1.42 bits per heavy atom. The smallest absolute Gasteiger partial charge is 0.254 e. The number of amides is 1. The number of rotatable bonds is 5. The number of likely N-dealkylation sites (tertiary alicyclic amines) is 1. The number of aliphatic hydroxyl groups excluding tert-OH is 1. The van der Waals surface area contributed by atoms with Gasteiger partial charge in [0.05, 0.1) is 0 Å². The number of ether oxygens (including phenoxy) is 1. The number of hydrogen-bond acceptors (Lipinski definition) is 4. The first kappa shape index (κ1) is 17.4. The first-order valence-electron chi connectivity index (χ1n) is 9.16. The molecular formula is C18H29N3O3. The van der Waals surface area contributed by atoms with Crippen molar-refractivity contribution in [3.63, 3.8) is 0 Å². The Kier molecular flexibility index (Phi) is 5.25. The van der Waals surface area contributed by atoms with Gasteiger partial charge in [-0.15, -0.1) is 0 Å². The van der Waals surface area contributed by atoms with Gasteiger partial charge in [-0.25, -0.2) is 4.98 Å². The van der Waals surface area contributed by atoms with Crippen LogP contribution in [-0.2, 0) is 16.6 Å². The maximum Gasteiger partial charge on any atom is 0.254 e. The topological polar surface area (TPSA) is 67.6 Å². The predicted molar refractivity (Wildman–Crippen MR) is 90.3 cm³/mol.